The van der Waals surface area contributed by atoms with Gasteiger partial charge in [-0.1, -0.05) is 24.9 Å². The normalized spacial score (nSPS) is 20.9. The van der Waals surface area contributed by atoms with Crippen molar-refractivity contribution in [2.24, 2.45) is 5.92 Å². The largest absolute Gasteiger partial charge is 0.295 e. The standard InChI is InChI=1S/C13H18ClNOS/c1-2-3-10-6-7-15(8-10)9-11(16)12-4-5-13(14)17-12/h4-5,10H,2-3,6-9H2,1H3. The highest BCUT2D eigenvalue weighted by atomic mass is 35.5. The highest BCUT2D eigenvalue weighted by Gasteiger charge is 2.23. The van der Waals surface area contributed by atoms with Crippen LogP contribution in [0.2, 0.25) is 4.34 Å². The molecule has 17 heavy (non-hydrogen) atoms. The maximum absolute atomic E-state index is 12.0. The summed E-state index contributed by atoms with van der Waals surface area (Å²) >= 11 is 7.22. The van der Waals surface area contributed by atoms with Crippen LogP contribution >= 0.6 is 22.9 Å². The second kappa shape index (κ2) is 5.98. The summed E-state index contributed by atoms with van der Waals surface area (Å²) in [6, 6.07) is 3.62. The highest BCUT2D eigenvalue weighted by molar-refractivity contribution is 7.18. The molecule has 2 nitrogen and oxygen atoms in total. The van der Waals surface area contributed by atoms with Crippen molar-refractivity contribution in [2.75, 3.05) is 19.6 Å². The predicted molar refractivity (Wildman–Crippen MR) is 73.1 cm³/mol. The molecule has 0 bridgehead atoms. The minimum atomic E-state index is 0.207. The minimum absolute atomic E-state index is 0.207. The van der Waals surface area contributed by atoms with E-state index < -0.39 is 0 Å². The van der Waals surface area contributed by atoms with Gasteiger partial charge in [0, 0.05) is 6.54 Å². The monoisotopic (exact) mass is 271 g/mol. The third-order valence-corrected chi connectivity index (χ3v) is 4.55. The van der Waals surface area contributed by atoms with Gasteiger partial charge in [-0.3, -0.25) is 9.69 Å². The number of ketones is 1. The van der Waals surface area contributed by atoms with Gasteiger partial charge in [0.05, 0.1) is 15.8 Å². The average Bonchev–Trinajstić information content (AvgIpc) is 2.88. The lowest BCUT2D eigenvalue weighted by atomic mass is 10.0. The van der Waals surface area contributed by atoms with Crippen LogP contribution in [0.1, 0.15) is 35.9 Å². The zero-order chi connectivity index (χ0) is 12.3. The van der Waals surface area contributed by atoms with E-state index in [1.54, 1.807) is 6.07 Å². The Hall–Kier alpha value is -0.380. The zero-order valence-electron chi connectivity index (χ0n) is 10.1. The zero-order valence-corrected chi connectivity index (χ0v) is 11.7. The molecule has 0 saturated carbocycles. The first-order valence-corrected chi connectivity index (χ1v) is 7.39. The van der Waals surface area contributed by atoms with Crippen LogP contribution in [-0.4, -0.2) is 30.3 Å². The lowest BCUT2D eigenvalue weighted by molar-refractivity contribution is 0.0947. The molecule has 1 atom stereocenters. The number of carbonyl (C=O) groups excluding carboxylic acids is 1. The molecular weight excluding hydrogens is 254 g/mol. The van der Waals surface area contributed by atoms with Crippen LogP contribution in [0.15, 0.2) is 12.1 Å². The summed E-state index contributed by atoms with van der Waals surface area (Å²) in [6.07, 6.45) is 3.77. The third kappa shape index (κ3) is 3.54. The molecule has 1 aromatic heterocycles. The van der Waals surface area contributed by atoms with E-state index in [-0.39, 0.29) is 5.78 Å². The lowest BCUT2D eigenvalue weighted by Crippen LogP contribution is -2.27. The highest BCUT2D eigenvalue weighted by Crippen LogP contribution is 2.24. The van der Waals surface area contributed by atoms with Crippen LogP contribution in [0.4, 0.5) is 0 Å². The summed E-state index contributed by atoms with van der Waals surface area (Å²) < 4.78 is 0.693. The van der Waals surface area contributed by atoms with Crippen molar-refractivity contribution in [2.45, 2.75) is 26.2 Å². The second-order valence-corrected chi connectivity index (χ2v) is 6.42. The van der Waals surface area contributed by atoms with Crippen molar-refractivity contribution in [1.29, 1.82) is 0 Å². The number of nitrogens with zero attached hydrogens (tertiary/aromatic N) is 1. The minimum Gasteiger partial charge on any atom is -0.295 e. The molecule has 0 spiro atoms. The quantitative estimate of drug-likeness (QED) is 0.761. The number of Topliss-reactive ketones (excluding diaryl/α,β-unsaturated/α-hetero) is 1. The Morgan fingerprint density at radius 2 is 2.41 bits per heavy atom. The summed E-state index contributed by atoms with van der Waals surface area (Å²) in [7, 11) is 0. The van der Waals surface area contributed by atoms with Crippen LogP contribution in [0.3, 0.4) is 0 Å². The number of hydrogen-bond donors (Lipinski definition) is 0. The Bertz CT molecular complexity index is 391. The Kier molecular flexibility index (Phi) is 4.60. The van der Waals surface area contributed by atoms with Crippen molar-refractivity contribution in [3.05, 3.63) is 21.3 Å². The van der Waals surface area contributed by atoms with Gasteiger partial charge in [-0.15, -0.1) is 11.3 Å². The van der Waals surface area contributed by atoms with E-state index in [4.69, 9.17) is 11.6 Å². The van der Waals surface area contributed by atoms with Crippen molar-refractivity contribution < 1.29 is 4.79 Å². The maximum atomic E-state index is 12.0. The van der Waals surface area contributed by atoms with Crippen molar-refractivity contribution in [3.63, 3.8) is 0 Å². The molecule has 1 fully saturated rings. The topological polar surface area (TPSA) is 20.3 Å². The fourth-order valence-corrected chi connectivity index (χ4v) is 3.42. The molecule has 0 amide bonds. The Labute approximate surface area is 112 Å². The predicted octanol–water partition coefficient (Wildman–Crippen LogP) is 3.71. The van der Waals surface area contributed by atoms with Gasteiger partial charge in [0.2, 0.25) is 0 Å². The van der Waals surface area contributed by atoms with Crippen molar-refractivity contribution >= 4 is 28.7 Å². The van der Waals surface area contributed by atoms with E-state index in [1.165, 1.54) is 30.6 Å². The first kappa shape index (κ1) is 13.1. The molecule has 0 aliphatic carbocycles. The lowest BCUT2D eigenvalue weighted by Gasteiger charge is -2.14. The van der Waals surface area contributed by atoms with Crippen LogP contribution in [0, 0.1) is 5.92 Å². The Morgan fingerprint density at radius 3 is 3.06 bits per heavy atom. The number of halogens is 1. The SMILES string of the molecule is CCCC1CCN(CC(=O)c2ccc(Cl)s2)C1. The molecular formula is C13H18ClNOS. The molecule has 1 unspecified atom stereocenters. The number of carbonyl (C=O) groups is 1. The Morgan fingerprint density at radius 1 is 1.59 bits per heavy atom. The van der Waals surface area contributed by atoms with E-state index in [0.717, 1.165) is 23.9 Å². The molecule has 2 rings (SSSR count). The summed E-state index contributed by atoms with van der Waals surface area (Å²) in [5, 5.41) is 0. The van der Waals surface area contributed by atoms with Gasteiger partial charge in [-0.2, -0.15) is 0 Å². The number of rotatable bonds is 5. The van der Waals surface area contributed by atoms with Gasteiger partial charge in [-0.05, 0) is 37.4 Å². The van der Waals surface area contributed by atoms with Crippen LogP contribution in [-0.2, 0) is 0 Å². The summed E-state index contributed by atoms with van der Waals surface area (Å²) in [4.78, 5) is 15.0. The first-order valence-electron chi connectivity index (χ1n) is 6.20. The summed E-state index contributed by atoms with van der Waals surface area (Å²) in [5.41, 5.74) is 0. The summed E-state index contributed by atoms with van der Waals surface area (Å²) in [5.74, 6) is 0.999. The molecule has 2 heterocycles. The average molecular weight is 272 g/mol. The molecule has 0 radical (unpaired) electrons. The first-order chi connectivity index (χ1) is 8.19. The van der Waals surface area contributed by atoms with E-state index in [0.29, 0.717) is 10.9 Å². The molecule has 1 saturated heterocycles. The van der Waals surface area contributed by atoms with Crippen LogP contribution in [0.25, 0.3) is 0 Å². The molecule has 0 N–H and O–H groups in total. The molecule has 0 aromatic carbocycles. The van der Waals surface area contributed by atoms with Crippen LogP contribution < -0.4 is 0 Å². The molecule has 1 aliphatic rings. The number of thiophene rings is 1. The van der Waals surface area contributed by atoms with Gasteiger partial charge >= 0.3 is 0 Å². The van der Waals surface area contributed by atoms with E-state index >= 15 is 0 Å². The van der Waals surface area contributed by atoms with E-state index in [2.05, 4.69) is 11.8 Å². The van der Waals surface area contributed by atoms with Crippen LogP contribution in [0.5, 0.6) is 0 Å². The van der Waals surface area contributed by atoms with Crippen molar-refractivity contribution in [1.82, 2.24) is 4.90 Å². The van der Waals surface area contributed by atoms with E-state index in [9.17, 15) is 4.79 Å². The second-order valence-electron chi connectivity index (χ2n) is 4.71. The molecule has 1 aromatic rings. The molecule has 94 valence electrons. The van der Waals surface area contributed by atoms with Crippen molar-refractivity contribution in [3.8, 4) is 0 Å². The van der Waals surface area contributed by atoms with Gasteiger partial charge in [0.1, 0.15) is 0 Å². The Balaban J connectivity index is 1.84. The number of hydrogen-bond acceptors (Lipinski definition) is 3. The fourth-order valence-electron chi connectivity index (χ4n) is 2.45. The third-order valence-electron chi connectivity index (χ3n) is 3.28. The smallest absolute Gasteiger partial charge is 0.186 e. The van der Waals surface area contributed by atoms with Gasteiger partial charge < -0.3 is 0 Å². The van der Waals surface area contributed by atoms with Gasteiger partial charge in [0.25, 0.3) is 0 Å². The molecule has 1 aliphatic heterocycles. The number of likely N-dealkylation sites (tertiary alicyclic amines) is 1. The van der Waals surface area contributed by atoms with E-state index in [1.807, 2.05) is 6.07 Å². The maximum Gasteiger partial charge on any atom is 0.186 e. The fraction of sp³-hybridized carbons (Fsp3) is 0.615. The van der Waals surface area contributed by atoms with Gasteiger partial charge in [0.15, 0.2) is 5.78 Å². The van der Waals surface area contributed by atoms with Gasteiger partial charge in [-0.25, -0.2) is 0 Å². The molecule has 4 heteroatoms. The summed E-state index contributed by atoms with van der Waals surface area (Å²) in [6.45, 7) is 4.92.